The van der Waals surface area contributed by atoms with Crippen LogP contribution in [0.5, 0.6) is 0 Å². The number of carbonyl (C=O) groups is 1. The smallest absolute Gasteiger partial charge is 0.286 e. The Kier molecular flexibility index (Phi) is 3.92. The molecule has 0 radical (unpaired) electrons. The predicted molar refractivity (Wildman–Crippen MR) is 84.6 cm³/mol. The number of carbonyl (C=O) groups excluding carboxylic acids is 1. The van der Waals surface area contributed by atoms with E-state index in [1.54, 1.807) is 0 Å². The number of amides is 1. The molecule has 2 heterocycles. The molecule has 0 saturated carbocycles. The van der Waals surface area contributed by atoms with Gasteiger partial charge in [-0.05, 0) is 55.2 Å². The van der Waals surface area contributed by atoms with Gasteiger partial charge in [-0.15, -0.1) is 0 Å². The number of benzene rings is 1. The first-order valence-corrected chi connectivity index (χ1v) is 7.89. The lowest BCUT2D eigenvalue weighted by atomic mass is 10.1. The van der Waals surface area contributed by atoms with Crippen LogP contribution >= 0.6 is 11.8 Å². The number of piperidine rings is 1. The minimum absolute atomic E-state index is 0.0983. The van der Waals surface area contributed by atoms with Crippen LogP contribution < -0.4 is 0 Å². The molecule has 0 N–H and O–H groups in total. The van der Waals surface area contributed by atoms with E-state index in [2.05, 4.69) is 22.9 Å². The first-order chi connectivity index (χ1) is 9.74. The fourth-order valence-electron chi connectivity index (χ4n) is 2.51. The summed E-state index contributed by atoms with van der Waals surface area (Å²) >= 11 is 1.52. The van der Waals surface area contributed by atoms with Crippen molar-refractivity contribution >= 4 is 28.9 Å². The molecule has 3 rings (SSSR count). The number of thioether (sulfide) groups is 1. The molecule has 0 atom stereocenters. The summed E-state index contributed by atoms with van der Waals surface area (Å²) in [7, 11) is 0. The minimum Gasteiger partial charge on any atom is -0.351 e. The molecule has 1 saturated heterocycles. The van der Waals surface area contributed by atoms with Crippen molar-refractivity contribution in [1.82, 2.24) is 4.90 Å². The molecule has 0 unspecified atom stereocenters. The molecule has 0 spiro atoms. The van der Waals surface area contributed by atoms with Crippen molar-refractivity contribution in [3.63, 3.8) is 0 Å². The topological polar surface area (TPSA) is 32.7 Å². The van der Waals surface area contributed by atoms with Gasteiger partial charge in [-0.2, -0.15) is 4.99 Å². The van der Waals surface area contributed by atoms with E-state index in [1.807, 2.05) is 24.3 Å². The van der Waals surface area contributed by atoms with Gasteiger partial charge in [0.1, 0.15) is 0 Å². The summed E-state index contributed by atoms with van der Waals surface area (Å²) in [5, 5.41) is 0.884. The van der Waals surface area contributed by atoms with Gasteiger partial charge >= 0.3 is 0 Å². The molecule has 1 aromatic carbocycles. The van der Waals surface area contributed by atoms with Crippen LogP contribution in [0.4, 0.5) is 0 Å². The van der Waals surface area contributed by atoms with E-state index in [9.17, 15) is 4.79 Å². The highest BCUT2D eigenvalue weighted by atomic mass is 32.2. The zero-order valence-corrected chi connectivity index (χ0v) is 12.4. The van der Waals surface area contributed by atoms with E-state index in [0.717, 1.165) is 28.7 Å². The van der Waals surface area contributed by atoms with E-state index in [-0.39, 0.29) is 5.91 Å². The first kappa shape index (κ1) is 13.4. The van der Waals surface area contributed by atoms with Crippen LogP contribution in [-0.2, 0) is 4.79 Å². The third-order valence-electron chi connectivity index (χ3n) is 3.71. The van der Waals surface area contributed by atoms with E-state index in [0.29, 0.717) is 0 Å². The maximum Gasteiger partial charge on any atom is 0.286 e. The van der Waals surface area contributed by atoms with Crippen LogP contribution in [0.15, 0.2) is 34.2 Å². The quantitative estimate of drug-likeness (QED) is 0.741. The lowest BCUT2D eigenvalue weighted by Gasteiger charge is -2.27. The number of rotatable bonds is 1. The summed E-state index contributed by atoms with van der Waals surface area (Å²) in [6.45, 7) is 4.11. The van der Waals surface area contributed by atoms with Crippen molar-refractivity contribution in [2.45, 2.75) is 26.2 Å². The van der Waals surface area contributed by atoms with E-state index < -0.39 is 0 Å². The molecule has 4 heteroatoms. The Morgan fingerprint density at radius 1 is 1.20 bits per heavy atom. The Balaban J connectivity index is 1.78. The second-order valence-corrected chi connectivity index (χ2v) is 6.22. The van der Waals surface area contributed by atoms with E-state index >= 15 is 0 Å². The summed E-state index contributed by atoms with van der Waals surface area (Å²) in [5.41, 5.74) is 2.28. The van der Waals surface area contributed by atoms with Crippen molar-refractivity contribution in [3.8, 4) is 0 Å². The van der Waals surface area contributed by atoms with Gasteiger partial charge in [0, 0.05) is 13.1 Å². The number of aryl methyl sites for hydroxylation is 1. The standard InChI is InChI=1S/C16H18N2OS/c1-12-7-3-4-8-13(12)11-14-15(19)17-16(20-14)18-9-5-2-6-10-18/h3-4,7-8,11H,2,5-6,9-10H2,1H3/b14-11+. The average Bonchev–Trinajstić information content (AvgIpc) is 2.84. The lowest BCUT2D eigenvalue weighted by molar-refractivity contribution is -0.113. The fraction of sp³-hybridized carbons (Fsp3) is 0.375. The first-order valence-electron chi connectivity index (χ1n) is 7.07. The van der Waals surface area contributed by atoms with Crippen LogP contribution in [-0.4, -0.2) is 29.1 Å². The molecule has 1 aromatic rings. The molecular formula is C16H18N2OS. The predicted octanol–water partition coefficient (Wildman–Crippen LogP) is 3.45. The van der Waals surface area contributed by atoms with Gasteiger partial charge in [-0.3, -0.25) is 4.79 Å². The third kappa shape index (κ3) is 2.80. The molecule has 20 heavy (non-hydrogen) atoms. The molecule has 0 aliphatic carbocycles. The Labute approximate surface area is 123 Å². The van der Waals surface area contributed by atoms with Gasteiger partial charge in [0.2, 0.25) is 0 Å². The van der Waals surface area contributed by atoms with Crippen LogP contribution in [0.1, 0.15) is 30.4 Å². The Bertz CT molecular complexity index is 586. The van der Waals surface area contributed by atoms with Gasteiger partial charge in [0.25, 0.3) is 5.91 Å². The Morgan fingerprint density at radius 2 is 1.95 bits per heavy atom. The Hall–Kier alpha value is -1.55. The zero-order chi connectivity index (χ0) is 13.9. The maximum atomic E-state index is 12.0. The third-order valence-corrected chi connectivity index (χ3v) is 4.76. The Morgan fingerprint density at radius 3 is 2.70 bits per heavy atom. The molecular weight excluding hydrogens is 268 g/mol. The number of amidine groups is 1. The van der Waals surface area contributed by atoms with E-state index in [1.165, 1.54) is 36.6 Å². The van der Waals surface area contributed by atoms with Crippen molar-refractivity contribution in [2.24, 2.45) is 4.99 Å². The SMILES string of the molecule is Cc1ccccc1/C=C1/SC(N2CCCCC2)=NC1=O. The van der Waals surface area contributed by atoms with Crippen LogP contribution in [0.2, 0.25) is 0 Å². The van der Waals surface area contributed by atoms with Gasteiger partial charge in [0.15, 0.2) is 5.17 Å². The molecule has 1 amide bonds. The molecule has 2 aliphatic heterocycles. The number of aliphatic imine (C=N–C) groups is 1. The van der Waals surface area contributed by atoms with Gasteiger partial charge in [-0.1, -0.05) is 24.3 Å². The number of likely N-dealkylation sites (tertiary alicyclic amines) is 1. The number of hydrogen-bond acceptors (Lipinski definition) is 3. The normalized spacial score (nSPS) is 21.4. The van der Waals surface area contributed by atoms with Gasteiger partial charge in [-0.25, -0.2) is 0 Å². The lowest BCUT2D eigenvalue weighted by Crippen LogP contribution is -2.33. The highest BCUT2D eigenvalue weighted by Crippen LogP contribution is 2.31. The van der Waals surface area contributed by atoms with Crippen molar-refractivity contribution < 1.29 is 4.79 Å². The second kappa shape index (κ2) is 5.83. The number of hydrogen-bond donors (Lipinski definition) is 0. The summed E-state index contributed by atoms with van der Waals surface area (Å²) in [6.07, 6.45) is 5.65. The highest BCUT2D eigenvalue weighted by Gasteiger charge is 2.26. The fourth-order valence-corrected chi connectivity index (χ4v) is 3.46. The molecule has 1 fully saturated rings. The average molecular weight is 286 g/mol. The molecule has 2 aliphatic rings. The molecule has 0 aromatic heterocycles. The molecule has 104 valence electrons. The van der Waals surface area contributed by atoms with Crippen molar-refractivity contribution in [1.29, 1.82) is 0 Å². The summed E-state index contributed by atoms with van der Waals surface area (Å²) in [5.74, 6) is -0.0983. The molecule has 0 bridgehead atoms. The second-order valence-electron chi connectivity index (χ2n) is 5.21. The van der Waals surface area contributed by atoms with Crippen LogP contribution in [0, 0.1) is 6.92 Å². The highest BCUT2D eigenvalue weighted by molar-refractivity contribution is 8.18. The summed E-state index contributed by atoms with van der Waals surface area (Å²) in [6, 6.07) is 8.10. The van der Waals surface area contributed by atoms with E-state index in [4.69, 9.17) is 0 Å². The largest absolute Gasteiger partial charge is 0.351 e. The molecule has 3 nitrogen and oxygen atoms in total. The van der Waals surface area contributed by atoms with Crippen molar-refractivity contribution in [2.75, 3.05) is 13.1 Å². The van der Waals surface area contributed by atoms with Crippen LogP contribution in [0.3, 0.4) is 0 Å². The monoisotopic (exact) mass is 286 g/mol. The summed E-state index contributed by atoms with van der Waals surface area (Å²) < 4.78 is 0. The summed E-state index contributed by atoms with van der Waals surface area (Å²) in [4.78, 5) is 19.2. The maximum absolute atomic E-state index is 12.0. The zero-order valence-electron chi connectivity index (χ0n) is 11.6. The minimum atomic E-state index is -0.0983. The number of nitrogens with zero attached hydrogens (tertiary/aromatic N) is 2. The van der Waals surface area contributed by atoms with Crippen LogP contribution in [0.25, 0.3) is 6.08 Å². The van der Waals surface area contributed by atoms with Gasteiger partial charge in [0.05, 0.1) is 4.91 Å². The van der Waals surface area contributed by atoms with Crippen molar-refractivity contribution in [3.05, 3.63) is 40.3 Å². The van der Waals surface area contributed by atoms with Gasteiger partial charge < -0.3 is 4.90 Å².